The van der Waals surface area contributed by atoms with E-state index >= 15 is 0 Å². The van der Waals surface area contributed by atoms with Crippen LogP contribution in [0.3, 0.4) is 0 Å². The number of hydrogen-bond acceptors (Lipinski definition) is 7. The van der Waals surface area contributed by atoms with E-state index in [1.807, 2.05) is 12.3 Å². The average Bonchev–Trinajstić information content (AvgIpc) is 3.34. The number of carbonyl (C=O) groups excluding carboxylic acids is 1. The molecule has 1 atom stereocenters. The van der Waals surface area contributed by atoms with Gasteiger partial charge in [-0.15, -0.1) is 11.3 Å². The molecule has 0 fully saturated rings. The summed E-state index contributed by atoms with van der Waals surface area (Å²) in [6.45, 7) is 6.17. The van der Waals surface area contributed by atoms with E-state index < -0.39 is 0 Å². The summed E-state index contributed by atoms with van der Waals surface area (Å²) in [6.07, 6.45) is 4.15. The number of aromatic amines is 1. The third kappa shape index (κ3) is 2.78. The predicted molar refractivity (Wildman–Crippen MR) is 106 cm³/mol. The Morgan fingerprint density at radius 3 is 2.78 bits per heavy atom. The third-order valence-corrected chi connectivity index (χ3v) is 5.41. The highest BCUT2D eigenvalue weighted by molar-refractivity contribution is 7.07. The number of carbonyl (C=O) groups is 1. The normalized spacial score (nSPS) is 16.9. The first-order valence-electron chi connectivity index (χ1n) is 8.88. The molecule has 0 saturated carbocycles. The number of fused-ring (bicyclic) bond motifs is 1. The summed E-state index contributed by atoms with van der Waals surface area (Å²) >= 11 is 1.52. The first-order valence-corrected chi connectivity index (χ1v) is 9.82. The van der Waals surface area contributed by atoms with Crippen LogP contribution in [-0.4, -0.2) is 50.2 Å². The molecule has 8 nitrogen and oxygen atoms in total. The molecule has 3 aromatic heterocycles. The molecular weight excluding hydrogens is 362 g/mol. The van der Waals surface area contributed by atoms with Crippen molar-refractivity contribution in [1.82, 2.24) is 25.1 Å². The van der Waals surface area contributed by atoms with Crippen molar-refractivity contribution < 1.29 is 4.79 Å². The highest BCUT2D eigenvalue weighted by Gasteiger charge is 2.38. The van der Waals surface area contributed by atoms with Crippen molar-refractivity contribution in [3.8, 4) is 22.8 Å². The summed E-state index contributed by atoms with van der Waals surface area (Å²) in [4.78, 5) is 30.2. The molecule has 9 heteroatoms. The van der Waals surface area contributed by atoms with Gasteiger partial charge in [0.05, 0.1) is 34.9 Å². The van der Waals surface area contributed by atoms with Crippen molar-refractivity contribution in [3.63, 3.8) is 0 Å². The molecule has 0 bridgehead atoms. The molecule has 0 spiro atoms. The number of amides is 1. The lowest BCUT2D eigenvalue weighted by Gasteiger charge is -2.42. The molecule has 4 heterocycles. The summed E-state index contributed by atoms with van der Waals surface area (Å²) in [6, 6.07) is -0.0935. The van der Waals surface area contributed by atoms with E-state index in [0.717, 1.165) is 34.9 Å². The Morgan fingerprint density at radius 2 is 2.11 bits per heavy atom. The van der Waals surface area contributed by atoms with Crippen LogP contribution >= 0.6 is 11.3 Å². The van der Waals surface area contributed by atoms with Gasteiger partial charge in [0.2, 0.25) is 5.91 Å². The fourth-order valence-electron chi connectivity index (χ4n) is 3.49. The lowest BCUT2D eigenvalue weighted by molar-refractivity contribution is -0.120. The van der Waals surface area contributed by atoms with E-state index in [-0.39, 0.29) is 18.0 Å². The smallest absolute Gasteiger partial charge is 0.249 e. The van der Waals surface area contributed by atoms with Crippen LogP contribution in [0.5, 0.6) is 0 Å². The van der Waals surface area contributed by atoms with Gasteiger partial charge in [0, 0.05) is 18.5 Å². The van der Waals surface area contributed by atoms with Gasteiger partial charge in [-0.1, -0.05) is 6.92 Å². The van der Waals surface area contributed by atoms with Crippen LogP contribution in [0.1, 0.15) is 27.2 Å². The van der Waals surface area contributed by atoms with Crippen LogP contribution in [0.4, 0.5) is 11.5 Å². The molecule has 1 N–H and O–H groups in total. The van der Waals surface area contributed by atoms with Crippen molar-refractivity contribution in [2.75, 3.05) is 16.8 Å². The molecule has 1 aliphatic heterocycles. The molecule has 140 valence electrons. The Morgan fingerprint density at radius 1 is 1.30 bits per heavy atom. The number of aromatic nitrogens is 5. The zero-order chi connectivity index (χ0) is 19.1. The maximum Gasteiger partial charge on any atom is 0.249 e. The first-order chi connectivity index (χ1) is 13.0. The van der Waals surface area contributed by atoms with Gasteiger partial charge in [0.1, 0.15) is 11.7 Å². The van der Waals surface area contributed by atoms with Crippen molar-refractivity contribution in [1.29, 1.82) is 0 Å². The molecular formula is C18H21N7OS. The lowest BCUT2D eigenvalue weighted by Crippen LogP contribution is -2.54. The standard InChI is InChI=1S/C18H21N7OS/c1-5-13-18(26)24(4)14-7-19-16(22-17(14)25(13)10(2)3)11-6-21-23-15(11)12-8-27-9-20-12/h6-10,13H,5H2,1-4H3,(H,21,23)/t13-/m1/s1. The number of likely N-dealkylation sites (N-methyl/N-ethyl adjacent to an activating group) is 1. The Labute approximate surface area is 161 Å². The lowest BCUT2D eigenvalue weighted by atomic mass is 10.1. The van der Waals surface area contributed by atoms with Crippen LogP contribution in [0, 0.1) is 0 Å². The van der Waals surface area contributed by atoms with Crippen molar-refractivity contribution >= 4 is 28.7 Å². The maximum absolute atomic E-state index is 12.8. The third-order valence-electron chi connectivity index (χ3n) is 4.82. The van der Waals surface area contributed by atoms with E-state index in [2.05, 4.69) is 38.9 Å². The zero-order valence-corrected chi connectivity index (χ0v) is 16.5. The number of anilines is 2. The van der Waals surface area contributed by atoms with E-state index in [4.69, 9.17) is 4.98 Å². The van der Waals surface area contributed by atoms with Crippen LogP contribution in [-0.2, 0) is 4.79 Å². The molecule has 3 aromatic rings. The number of thiazole rings is 1. The Bertz CT molecular complexity index is 966. The van der Waals surface area contributed by atoms with Gasteiger partial charge in [-0.25, -0.2) is 15.0 Å². The minimum atomic E-state index is -0.229. The SMILES string of the molecule is CC[C@@H]1C(=O)N(C)c2cnc(-c3cn[nH]c3-c3cscn3)nc2N1C(C)C. The highest BCUT2D eigenvalue weighted by Crippen LogP contribution is 2.37. The summed E-state index contributed by atoms with van der Waals surface area (Å²) < 4.78 is 0. The fourth-order valence-corrected chi connectivity index (χ4v) is 4.04. The van der Waals surface area contributed by atoms with Gasteiger partial charge < -0.3 is 9.80 Å². The quantitative estimate of drug-likeness (QED) is 0.745. The van der Waals surface area contributed by atoms with Gasteiger partial charge in [-0.05, 0) is 20.3 Å². The van der Waals surface area contributed by atoms with Crippen molar-refractivity contribution in [3.05, 3.63) is 23.3 Å². The van der Waals surface area contributed by atoms with E-state index in [1.165, 1.54) is 11.3 Å². The number of nitrogens with zero attached hydrogens (tertiary/aromatic N) is 6. The molecule has 4 rings (SSSR count). The van der Waals surface area contributed by atoms with E-state index in [0.29, 0.717) is 5.82 Å². The van der Waals surface area contributed by atoms with Crippen molar-refractivity contribution in [2.24, 2.45) is 0 Å². The molecule has 27 heavy (non-hydrogen) atoms. The number of H-pyrrole nitrogens is 1. The van der Waals surface area contributed by atoms with Crippen molar-refractivity contribution in [2.45, 2.75) is 39.3 Å². The number of nitrogens with one attached hydrogen (secondary N) is 1. The number of rotatable bonds is 4. The number of hydrogen-bond donors (Lipinski definition) is 1. The topological polar surface area (TPSA) is 90.9 Å². The van der Waals surface area contributed by atoms with Gasteiger partial charge in [-0.3, -0.25) is 9.89 Å². The van der Waals surface area contributed by atoms with Crippen LogP contribution in [0.15, 0.2) is 23.3 Å². The molecule has 0 aromatic carbocycles. The Hall–Kier alpha value is -2.81. The van der Waals surface area contributed by atoms with E-state index in [9.17, 15) is 4.79 Å². The molecule has 0 unspecified atom stereocenters. The summed E-state index contributed by atoms with van der Waals surface area (Å²) in [7, 11) is 1.78. The largest absolute Gasteiger partial charge is 0.340 e. The fraction of sp³-hybridized carbons (Fsp3) is 0.389. The molecule has 0 radical (unpaired) electrons. The van der Waals surface area contributed by atoms with Crippen LogP contribution in [0.2, 0.25) is 0 Å². The zero-order valence-electron chi connectivity index (χ0n) is 15.7. The molecule has 1 aliphatic rings. The highest BCUT2D eigenvalue weighted by atomic mass is 32.1. The second-order valence-electron chi connectivity index (χ2n) is 6.76. The summed E-state index contributed by atoms with van der Waals surface area (Å²) in [5.41, 5.74) is 4.90. The summed E-state index contributed by atoms with van der Waals surface area (Å²) in [5.74, 6) is 1.41. The second kappa shape index (κ2) is 6.73. The Kier molecular flexibility index (Phi) is 4.39. The van der Waals surface area contributed by atoms with Gasteiger partial charge in [-0.2, -0.15) is 5.10 Å². The minimum Gasteiger partial charge on any atom is -0.340 e. The first kappa shape index (κ1) is 17.6. The molecule has 0 saturated heterocycles. The molecule has 0 aliphatic carbocycles. The van der Waals surface area contributed by atoms with Gasteiger partial charge in [0.25, 0.3) is 0 Å². The predicted octanol–water partition coefficient (Wildman–Crippen LogP) is 2.96. The van der Waals surface area contributed by atoms with E-state index in [1.54, 1.807) is 29.9 Å². The molecule has 1 amide bonds. The van der Waals surface area contributed by atoms with Gasteiger partial charge >= 0.3 is 0 Å². The summed E-state index contributed by atoms with van der Waals surface area (Å²) in [5, 5.41) is 9.11. The monoisotopic (exact) mass is 383 g/mol. The van der Waals surface area contributed by atoms with Gasteiger partial charge in [0.15, 0.2) is 11.6 Å². The Balaban J connectivity index is 1.86. The van der Waals surface area contributed by atoms with Crippen LogP contribution in [0.25, 0.3) is 22.8 Å². The van der Waals surface area contributed by atoms with Crippen LogP contribution < -0.4 is 9.80 Å². The minimum absolute atomic E-state index is 0.0709. The average molecular weight is 383 g/mol. The second-order valence-corrected chi connectivity index (χ2v) is 7.48. The maximum atomic E-state index is 12.8.